The van der Waals surface area contributed by atoms with Crippen LogP contribution >= 0.6 is 15.9 Å². The van der Waals surface area contributed by atoms with E-state index in [0.29, 0.717) is 6.54 Å². The summed E-state index contributed by atoms with van der Waals surface area (Å²) in [6.07, 6.45) is 0.931. The number of anilines is 1. The van der Waals surface area contributed by atoms with Crippen molar-refractivity contribution in [3.05, 3.63) is 22.3 Å². The molecule has 0 amide bonds. The third-order valence-corrected chi connectivity index (χ3v) is 2.19. The Morgan fingerprint density at radius 3 is 2.93 bits per heavy atom. The number of nitrogens with one attached hydrogen (secondary N) is 1. The van der Waals surface area contributed by atoms with Gasteiger partial charge in [0.1, 0.15) is 5.82 Å². The van der Waals surface area contributed by atoms with Gasteiger partial charge in [-0.15, -0.1) is 0 Å². The summed E-state index contributed by atoms with van der Waals surface area (Å²) in [5.74, 6) is 0.723. The Kier molecular flexibility index (Phi) is 4.31. The van der Waals surface area contributed by atoms with Crippen LogP contribution in [0.5, 0.6) is 0 Å². The highest BCUT2D eigenvalue weighted by atomic mass is 79.9. The van der Waals surface area contributed by atoms with Gasteiger partial charge in [0.05, 0.1) is 12.7 Å². The first-order valence-corrected chi connectivity index (χ1v) is 5.07. The molecule has 0 fully saturated rings. The molecular formula is C9H13BrN2O2. The van der Waals surface area contributed by atoms with Gasteiger partial charge in [0.15, 0.2) is 0 Å². The molecule has 78 valence electrons. The maximum atomic E-state index is 9.12. The van der Waals surface area contributed by atoms with E-state index in [-0.39, 0.29) is 6.61 Å². The van der Waals surface area contributed by atoms with Crippen molar-refractivity contribution in [3.63, 3.8) is 0 Å². The van der Waals surface area contributed by atoms with Gasteiger partial charge in [-0.25, -0.2) is 4.98 Å². The quantitative estimate of drug-likeness (QED) is 0.754. The zero-order valence-corrected chi connectivity index (χ0v) is 9.45. The van der Waals surface area contributed by atoms with Crippen LogP contribution in [0.25, 0.3) is 0 Å². The Balaban J connectivity index is 2.59. The number of aryl methyl sites for hydroxylation is 1. The van der Waals surface area contributed by atoms with Crippen LogP contribution in [-0.4, -0.2) is 34.5 Å². The van der Waals surface area contributed by atoms with E-state index in [1.165, 1.54) is 0 Å². The van der Waals surface area contributed by atoms with Gasteiger partial charge in [0, 0.05) is 17.2 Å². The molecule has 0 aliphatic rings. The third-order valence-electron chi connectivity index (χ3n) is 1.76. The van der Waals surface area contributed by atoms with Gasteiger partial charge in [-0.05, 0) is 34.5 Å². The zero-order chi connectivity index (χ0) is 10.6. The highest BCUT2D eigenvalue weighted by Crippen LogP contribution is 2.16. The van der Waals surface area contributed by atoms with Crippen molar-refractivity contribution < 1.29 is 10.2 Å². The molecule has 0 saturated heterocycles. The SMILES string of the molecule is Cc1cc(Br)cnc1NCC(O)CO. The lowest BCUT2D eigenvalue weighted by Gasteiger charge is -2.11. The molecule has 5 heteroatoms. The summed E-state index contributed by atoms with van der Waals surface area (Å²) in [5.41, 5.74) is 0.990. The Hall–Kier alpha value is -0.650. The Morgan fingerprint density at radius 1 is 1.64 bits per heavy atom. The molecule has 0 bridgehead atoms. The highest BCUT2D eigenvalue weighted by Gasteiger charge is 2.04. The molecule has 0 aliphatic carbocycles. The van der Waals surface area contributed by atoms with Gasteiger partial charge in [0.2, 0.25) is 0 Å². The number of hydrogen-bond acceptors (Lipinski definition) is 4. The van der Waals surface area contributed by atoms with E-state index < -0.39 is 6.10 Å². The first-order valence-electron chi connectivity index (χ1n) is 4.28. The van der Waals surface area contributed by atoms with Crippen LogP contribution in [0.4, 0.5) is 5.82 Å². The van der Waals surface area contributed by atoms with E-state index >= 15 is 0 Å². The number of aliphatic hydroxyl groups excluding tert-OH is 2. The molecular weight excluding hydrogens is 248 g/mol. The maximum Gasteiger partial charge on any atom is 0.129 e. The van der Waals surface area contributed by atoms with E-state index in [9.17, 15) is 0 Å². The fraction of sp³-hybridized carbons (Fsp3) is 0.444. The topological polar surface area (TPSA) is 65.4 Å². The summed E-state index contributed by atoms with van der Waals surface area (Å²) in [6, 6.07) is 1.93. The summed E-state index contributed by atoms with van der Waals surface area (Å²) in [4.78, 5) is 4.13. The molecule has 1 aromatic heterocycles. The molecule has 1 aromatic rings. The smallest absolute Gasteiger partial charge is 0.129 e. The van der Waals surface area contributed by atoms with Crippen molar-refractivity contribution >= 4 is 21.7 Å². The second-order valence-corrected chi connectivity index (χ2v) is 3.95. The summed E-state index contributed by atoms with van der Waals surface area (Å²) < 4.78 is 0.920. The normalized spacial score (nSPS) is 12.6. The fourth-order valence-corrected chi connectivity index (χ4v) is 1.45. The number of aliphatic hydroxyl groups is 2. The standard InChI is InChI=1S/C9H13BrN2O2/c1-6-2-7(10)3-11-9(6)12-4-8(14)5-13/h2-3,8,13-14H,4-5H2,1H3,(H,11,12). The number of nitrogens with zero attached hydrogens (tertiary/aromatic N) is 1. The second kappa shape index (κ2) is 5.29. The molecule has 1 unspecified atom stereocenters. The molecule has 1 atom stereocenters. The molecule has 0 saturated carbocycles. The summed E-state index contributed by atoms with van der Waals surface area (Å²) >= 11 is 3.31. The highest BCUT2D eigenvalue weighted by molar-refractivity contribution is 9.10. The number of pyridine rings is 1. The molecule has 0 radical (unpaired) electrons. The van der Waals surface area contributed by atoms with Crippen LogP contribution in [0, 0.1) is 6.92 Å². The average molecular weight is 261 g/mol. The Bertz CT molecular complexity index is 307. The predicted octanol–water partition coefficient (Wildman–Crippen LogP) is 0.918. The molecule has 0 aliphatic heterocycles. The minimum atomic E-state index is -0.750. The van der Waals surface area contributed by atoms with Crippen LogP contribution in [0.15, 0.2) is 16.7 Å². The van der Waals surface area contributed by atoms with Crippen molar-refractivity contribution in [2.75, 3.05) is 18.5 Å². The van der Waals surface area contributed by atoms with Gasteiger partial charge in [0.25, 0.3) is 0 Å². The lowest BCUT2D eigenvalue weighted by atomic mass is 10.3. The van der Waals surface area contributed by atoms with Crippen LogP contribution < -0.4 is 5.32 Å². The molecule has 1 heterocycles. The first-order chi connectivity index (χ1) is 6.63. The minimum Gasteiger partial charge on any atom is -0.394 e. The molecule has 3 N–H and O–H groups in total. The van der Waals surface area contributed by atoms with E-state index in [0.717, 1.165) is 15.9 Å². The molecule has 14 heavy (non-hydrogen) atoms. The van der Waals surface area contributed by atoms with E-state index in [1.807, 2.05) is 13.0 Å². The van der Waals surface area contributed by atoms with Gasteiger partial charge in [-0.1, -0.05) is 0 Å². The van der Waals surface area contributed by atoms with Crippen molar-refractivity contribution in [2.24, 2.45) is 0 Å². The van der Waals surface area contributed by atoms with Crippen LogP contribution in [-0.2, 0) is 0 Å². The zero-order valence-electron chi connectivity index (χ0n) is 7.87. The molecule has 1 rings (SSSR count). The van der Waals surface area contributed by atoms with E-state index in [4.69, 9.17) is 10.2 Å². The average Bonchev–Trinajstić information content (AvgIpc) is 2.16. The lowest BCUT2D eigenvalue weighted by molar-refractivity contribution is 0.105. The summed E-state index contributed by atoms with van der Waals surface area (Å²) in [5, 5.41) is 20.7. The largest absolute Gasteiger partial charge is 0.394 e. The Morgan fingerprint density at radius 2 is 2.36 bits per heavy atom. The number of halogens is 1. The van der Waals surface area contributed by atoms with Crippen molar-refractivity contribution in [1.29, 1.82) is 0 Å². The van der Waals surface area contributed by atoms with Gasteiger partial charge in [-0.2, -0.15) is 0 Å². The van der Waals surface area contributed by atoms with Crippen molar-refractivity contribution in [1.82, 2.24) is 4.98 Å². The van der Waals surface area contributed by atoms with E-state index in [1.54, 1.807) is 6.20 Å². The molecule has 0 spiro atoms. The fourth-order valence-electron chi connectivity index (χ4n) is 1.00. The van der Waals surface area contributed by atoms with Gasteiger partial charge < -0.3 is 15.5 Å². The minimum absolute atomic E-state index is 0.247. The lowest BCUT2D eigenvalue weighted by Crippen LogP contribution is -2.23. The molecule has 0 aromatic carbocycles. The second-order valence-electron chi connectivity index (χ2n) is 3.04. The van der Waals surface area contributed by atoms with Crippen molar-refractivity contribution in [2.45, 2.75) is 13.0 Å². The Labute approximate surface area is 91.1 Å². The monoisotopic (exact) mass is 260 g/mol. The van der Waals surface area contributed by atoms with Gasteiger partial charge in [-0.3, -0.25) is 0 Å². The van der Waals surface area contributed by atoms with E-state index in [2.05, 4.69) is 26.2 Å². The number of hydrogen-bond donors (Lipinski definition) is 3. The van der Waals surface area contributed by atoms with Crippen LogP contribution in [0.2, 0.25) is 0 Å². The maximum absolute atomic E-state index is 9.12. The number of aromatic nitrogens is 1. The third kappa shape index (κ3) is 3.25. The number of rotatable bonds is 4. The summed E-state index contributed by atoms with van der Waals surface area (Å²) in [6.45, 7) is 1.97. The van der Waals surface area contributed by atoms with Crippen LogP contribution in [0.3, 0.4) is 0 Å². The predicted molar refractivity (Wildman–Crippen MR) is 58.3 cm³/mol. The first kappa shape index (κ1) is 11.4. The molecule has 4 nitrogen and oxygen atoms in total. The van der Waals surface area contributed by atoms with Crippen molar-refractivity contribution in [3.8, 4) is 0 Å². The van der Waals surface area contributed by atoms with Crippen LogP contribution in [0.1, 0.15) is 5.56 Å². The summed E-state index contributed by atoms with van der Waals surface area (Å²) in [7, 11) is 0. The van der Waals surface area contributed by atoms with Gasteiger partial charge >= 0.3 is 0 Å².